The number of halogens is 1. The minimum Gasteiger partial charge on any atom is -0.398 e. The van der Waals surface area contributed by atoms with Crippen molar-refractivity contribution < 1.29 is 9.13 Å². The Morgan fingerprint density at radius 3 is 2.60 bits per heavy atom. The van der Waals surface area contributed by atoms with Crippen LogP contribution in [0.15, 0.2) is 51.8 Å². The van der Waals surface area contributed by atoms with Crippen molar-refractivity contribution in [2.24, 2.45) is 0 Å². The highest BCUT2D eigenvalue weighted by molar-refractivity contribution is 9.10. The third-order valence-corrected chi connectivity index (χ3v) is 4.82. The molecule has 0 radical (unpaired) electrons. The van der Waals surface area contributed by atoms with Crippen LogP contribution in [0.2, 0.25) is 0 Å². The van der Waals surface area contributed by atoms with Crippen molar-refractivity contribution in [3.05, 3.63) is 62.6 Å². The predicted octanol–water partition coefficient (Wildman–Crippen LogP) is 3.25. The zero-order valence-corrected chi connectivity index (χ0v) is 12.7. The molecule has 0 aliphatic rings. The van der Waals surface area contributed by atoms with Gasteiger partial charge in [-0.05, 0) is 39.7 Å². The van der Waals surface area contributed by atoms with Gasteiger partial charge >= 0.3 is 0 Å². The fourth-order valence-corrected chi connectivity index (χ4v) is 3.20. The van der Waals surface area contributed by atoms with Crippen molar-refractivity contribution in [1.29, 1.82) is 0 Å². The van der Waals surface area contributed by atoms with Gasteiger partial charge in [-0.2, -0.15) is 0 Å². The molecule has 0 saturated heterocycles. The molecule has 0 saturated carbocycles. The Labute approximate surface area is 126 Å². The molecule has 0 aliphatic heterocycles. The van der Waals surface area contributed by atoms with Crippen LogP contribution in [0.3, 0.4) is 0 Å². The molecule has 7 heteroatoms. The van der Waals surface area contributed by atoms with Crippen LogP contribution in [0, 0.1) is 10.1 Å². The molecule has 0 aromatic heterocycles. The number of benzene rings is 2. The van der Waals surface area contributed by atoms with Gasteiger partial charge in [-0.25, -0.2) is 0 Å². The number of nitrogen functional groups attached to an aromatic ring is 1. The Hall–Kier alpha value is -1.73. The summed E-state index contributed by atoms with van der Waals surface area (Å²) in [6.45, 7) is 0. The van der Waals surface area contributed by atoms with E-state index in [0.717, 1.165) is 10.0 Å². The van der Waals surface area contributed by atoms with Gasteiger partial charge in [0, 0.05) is 16.2 Å². The number of hydrogen-bond donors (Lipinski definition) is 1. The van der Waals surface area contributed by atoms with Crippen molar-refractivity contribution >= 4 is 38.1 Å². The fraction of sp³-hybridized carbons (Fsp3) is 0.0769. The van der Waals surface area contributed by atoms with Crippen LogP contribution in [0.25, 0.3) is 0 Å². The number of rotatable bonds is 4. The van der Waals surface area contributed by atoms with E-state index in [1.165, 1.54) is 12.1 Å². The van der Waals surface area contributed by atoms with Crippen molar-refractivity contribution in [2.45, 2.75) is 10.6 Å². The van der Waals surface area contributed by atoms with E-state index in [1.807, 2.05) is 0 Å². The standard InChI is InChI=1S/C13H11BrN2O3S/c14-10-6-5-9(7-11(10)15)8-20(19)13-4-2-1-3-12(13)16(17)18/h1-7H,8,15H2. The Morgan fingerprint density at radius 1 is 1.25 bits per heavy atom. The number of nitro benzene ring substituents is 1. The maximum atomic E-state index is 12.3. The zero-order chi connectivity index (χ0) is 14.7. The minimum absolute atomic E-state index is 0.129. The summed E-state index contributed by atoms with van der Waals surface area (Å²) in [5.74, 6) is 0.183. The van der Waals surface area contributed by atoms with E-state index >= 15 is 0 Å². The summed E-state index contributed by atoms with van der Waals surface area (Å²) in [6, 6.07) is 11.3. The predicted molar refractivity (Wildman–Crippen MR) is 81.8 cm³/mol. The zero-order valence-electron chi connectivity index (χ0n) is 10.3. The van der Waals surface area contributed by atoms with Gasteiger partial charge in [-0.3, -0.25) is 14.3 Å². The largest absolute Gasteiger partial charge is 0.398 e. The third kappa shape index (κ3) is 3.23. The molecule has 104 valence electrons. The van der Waals surface area contributed by atoms with Crippen molar-refractivity contribution in [3.8, 4) is 0 Å². The highest BCUT2D eigenvalue weighted by Crippen LogP contribution is 2.25. The van der Waals surface area contributed by atoms with E-state index in [1.54, 1.807) is 30.3 Å². The van der Waals surface area contributed by atoms with Crippen LogP contribution in [-0.4, -0.2) is 9.13 Å². The van der Waals surface area contributed by atoms with Crippen LogP contribution in [-0.2, 0) is 16.6 Å². The summed E-state index contributed by atoms with van der Waals surface area (Å²) in [7, 11) is -1.49. The average Bonchev–Trinajstić information content (AvgIpc) is 2.43. The molecule has 0 fully saturated rings. The molecule has 0 heterocycles. The number of hydrogen-bond acceptors (Lipinski definition) is 4. The smallest absolute Gasteiger partial charge is 0.285 e. The van der Waals surface area contributed by atoms with E-state index in [0.29, 0.717) is 5.69 Å². The Balaban J connectivity index is 2.28. The first-order valence-corrected chi connectivity index (χ1v) is 7.76. The Kier molecular flexibility index (Phi) is 4.51. The highest BCUT2D eigenvalue weighted by Gasteiger charge is 2.18. The van der Waals surface area contributed by atoms with Gasteiger partial charge < -0.3 is 5.73 Å². The molecule has 0 aliphatic carbocycles. The monoisotopic (exact) mass is 354 g/mol. The topological polar surface area (TPSA) is 86.2 Å². The second-order valence-electron chi connectivity index (χ2n) is 4.07. The summed E-state index contributed by atoms with van der Waals surface area (Å²) < 4.78 is 13.1. The van der Waals surface area contributed by atoms with Gasteiger partial charge in [0.15, 0.2) is 0 Å². The molecule has 1 atom stereocenters. The lowest BCUT2D eigenvalue weighted by Crippen LogP contribution is -2.01. The molecule has 2 aromatic carbocycles. The molecule has 1 unspecified atom stereocenters. The Bertz CT molecular complexity index is 691. The minimum atomic E-state index is -1.49. The summed E-state index contributed by atoms with van der Waals surface area (Å²) >= 11 is 3.28. The maximum absolute atomic E-state index is 12.3. The van der Waals surface area contributed by atoms with E-state index in [2.05, 4.69) is 15.9 Å². The molecule has 0 spiro atoms. The normalized spacial score (nSPS) is 12.1. The average molecular weight is 355 g/mol. The molecular formula is C13H11BrN2O3S. The van der Waals surface area contributed by atoms with Crippen molar-refractivity contribution in [3.63, 3.8) is 0 Å². The molecule has 2 N–H and O–H groups in total. The summed E-state index contributed by atoms with van der Waals surface area (Å²) in [5, 5.41) is 10.9. The van der Waals surface area contributed by atoms with Crippen molar-refractivity contribution in [1.82, 2.24) is 0 Å². The lowest BCUT2D eigenvalue weighted by Gasteiger charge is -2.05. The first-order chi connectivity index (χ1) is 9.49. The van der Waals surface area contributed by atoms with Crippen LogP contribution < -0.4 is 5.73 Å². The number of anilines is 1. The van der Waals surface area contributed by atoms with E-state index in [9.17, 15) is 14.3 Å². The van der Waals surface area contributed by atoms with Gasteiger partial charge in [0.25, 0.3) is 5.69 Å². The van der Waals surface area contributed by atoms with Gasteiger partial charge in [0.1, 0.15) is 4.90 Å². The lowest BCUT2D eigenvalue weighted by molar-refractivity contribution is -0.387. The van der Waals surface area contributed by atoms with Gasteiger partial charge in [0.05, 0.1) is 21.5 Å². The number of nitrogens with two attached hydrogens (primary N) is 1. The number of nitrogens with zero attached hydrogens (tertiary/aromatic N) is 1. The summed E-state index contributed by atoms with van der Waals surface area (Å²) in [6.07, 6.45) is 0. The Morgan fingerprint density at radius 2 is 1.95 bits per heavy atom. The molecular weight excluding hydrogens is 344 g/mol. The van der Waals surface area contributed by atoms with Crippen LogP contribution >= 0.6 is 15.9 Å². The SMILES string of the molecule is Nc1cc(CS(=O)c2ccccc2[N+](=O)[O-])ccc1Br. The maximum Gasteiger partial charge on any atom is 0.285 e. The number of nitro groups is 1. The molecule has 5 nitrogen and oxygen atoms in total. The van der Waals surface area contributed by atoms with Gasteiger partial charge in [0.2, 0.25) is 0 Å². The van der Waals surface area contributed by atoms with E-state index in [-0.39, 0.29) is 16.3 Å². The molecule has 0 amide bonds. The van der Waals surface area contributed by atoms with Crippen LogP contribution in [0.1, 0.15) is 5.56 Å². The lowest BCUT2D eigenvalue weighted by atomic mass is 10.2. The fourth-order valence-electron chi connectivity index (χ4n) is 1.71. The second-order valence-corrected chi connectivity index (χ2v) is 6.34. The van der Waals surface area contributed by atoms with Gasteiger partial charge in [-0.15, -0.1) is 0 Å². The van der Waals surface area contributed by atoms with Crippen LogP contribution in [0.4, 0.5) is 11.4 Å². The molecule has 2 aromatic rings. The summed E-state index contributed by atoms with van der Waals surface area (Å²) in [5.41, 5.74) is 6.94. The second kappa shape index (κ2) is 6.15. The third-order valence-electron chi connectivity index (χ3n) is 2.67. The summed E-state index contributed by atoms with van der Waals surface area (Å²) in [4.78, 5) is 10.6. The van der Waals surface area contributed by atoms with Crippen LogP contribution in [0.5, 0.6) is 0 Å². The quantitative estimate of drug-likeness (QED) is 0.518. The number of para-hydroxylation sites is 1. The van der Waals surface area contributed by atoms with E-state index < -0.39 is 15.7 Å². The molecule has 2 rings (SSSR count). The first-order valence-electron chi connectivity index (χ1n) is 5.64. The van der Waals surface area contributed by atoms with E-state index in [4.69, 9.17) is 5.73 Å². The molecule has 20 heavy (non-hydrogen) atoms. The van der Waals surface area contributed by atoms with Crippen molar-refractivity contribution in [2.75, 3.05) is 5.73 Å². The first kappa shape index (κ1) is 14.7. The highest BCUT2D eigenvalue weighted by atomic mass is 79.9. The van der Waals surface area contributed by atoms with Gasteiger partial charge in [-0.1, -0.05) is 18.2 Å². The molecule has 0 bridgehead atoms.